The van der Waals surface area contributed by atoms with Gasteiger partial charge in [0.05, 0.1) is 19.0 Å². The van der Waals surface area contributed by atoms with Gasteiger partial charge in [-0.2, -0.15) is 0 Å². The van der Waals surface area contributed by atoms with E-state index in [1.54, 1.807) is 18.2 Å². The fourth-order valence-electron chi connectivity index (χ4n) is 2.13. The first-order chi connectivity index (χ1) is 12.4. The molecule has 2 aromatic heterocycles. The summed E-state index contributed by atoms with van der Waals surface area (Å²) in [7, 11) is 3.49. The van der Waals surface area contributed by atoms with Gasteiger partial charge >= 0.3 is 5.97 Å². The van der Waals surface area contributed by atoms with Gasteiger partial charge < -0.3 is 14.7 Å². The van der Waals surface area contributed by atoms with Crippen molar-refractivity contribution >= 4 is 11.5 Å². The van der Waals surface area contributed by atoms with Gasteiger partial charge in [-0.05, 0) is 31.7 Å². The number of aromatic carboxylic acids is 1. The Bertz CT molecular complexity index is 811. The molecule has 0 saturated carbocycles. The molecule has 0 aliphatic carbocycles. The van der Waals surface area contributed by atoms with Gasteiger partial charge in [0.1, 0.15) is 0 Å². The van der Waals surface area contributed by atoms with Crippen LogP contribution >= 0.6 is 0 Å². The molecule has 0 fully saturated rings. The van der Waals surface area contributed by atoms with E-state index in [1.165, 1.54) is 18.0 Å². The molecule has 1 atom stereocenters. The summed E-state index contributed by atoms with van der Waals surface area (Å²) in [4.78, 5) is 21.6. The summed E-state index contributed by atoms with van der Waals surface area (Å²) in [5.74, 6) is -0.730. The molecule has 0 bridgehead atoms. The van der Waals surface area contributed by atoms with Crippen LogP contribution in [-0.2, 0) is 0 Å². The summed E-state index contributed by atoms with van der Waals surface area (Å²) in [6.07, 6.45) is 6.21. The second kappa shape index (κ2) is 8.28. The molecule has 0 amide bonds. The standard InChI is InChI=1S/C18H23N5O3/c1-6-13(3)22(4)10-9-12(2)17-20-16(18(24)25)21-23(17)14-7-8-15(26-5)19-11-14/h7-11,13H,2,6H2,1,3-5H3,(H,24,25)/b10-9-. The van der Waals surface area contributed by atoms with Crippen molar-refractivity contribution in [3.05, 3.63) is 48.8 Å². The van der Waals surface area contributed by atoms with Crippen LogP contribution in [0.3, 0.4) is 0 Å². The number of rotatable bonds is 8. The van der Waals surface area contributed by atoms with Gasteiger partial charge in [0.25, 0.3) is 5.82 Å². The Balaban J connectivity index is 2.38. The molecule has 0 aromatic carbocycles. The highest BCUT2D eigenvalue weighted by atomic mass is 16.5. The maximum atomic E-state index is 11.3. The third-order valence-electron chi connectivity index (χ3n) is 4.06. The molecule has 8 nitrogen and oxygen atoms in total. The first kappa shape index (κ1) is 19.2. The molecule has 0 radical (unpaired) electrons. The molecule has 138 valence electrons. The predicted octanol–water partition coefficient (Wildman–Crippen LogP) is 2.63. The lowest BCUT2D eigenvalue weighted by Crippen LogP contribution is -2.22. The average molecular weight is 357 g/mol. The highest BCUT2D eigenvalue weighted by Gasteiger charge is 2.18. The molecular weight excluding hydrogens is 334 g/mol. The molecule has 2 heterocycles. The number of ether oxygens (including phenoxy) is 1. The number of nitrogens with zero attached hydrogens (tertiary/aromatic N) is 5. The second-order valence-electron chi connectivity index (χ2n) is 5.80. The van der Waals surface area contributed by atoms with Crippen molar-refractivity contribution in [2.24, 2.45) is 0 Å². The molecule has 0 saturated heterocycles. The number of carboxylic acid groups (broad SMARTS) is 1. The third kappa shape index (κ3) is 4.27. The number of carboxylic acids is 1. The van der Waals surface area contributed by atoms with E-state index in [9.17, 15) is 9.90 Å². The molecule has 26 heavy (non-hydrogen) atoms. The number of pyridine rings is 1. The van der Waals surface area contributed by atoms with Crippen LogP contribution in [0.1, 0.15) is 36.7 Å². The predicted molar refractivity (Wildman–Crippen MR) is 98.4 cm³/mol. The number of methoxy groups -OCH3 is 1. The van der Waals surface area contributed by atoms with Gasteiger partial charge in [0.2, 0.25) is 5.88 Å². The van der Waals surface area contributed by atoms with Crippen LogP contribution in [0.4, 0.5) is 0 Å². The Morgan fingerprint density at radius 1 is 1.50 bits per heavy atom. The molecule has 2 rings (SSSR count). The van der Waals surface area contributed by atoms with Crippen molar-refractivity contribution in [1.82, 2.24) is 24.6 Å². The summed E-state index contributed by atoms with van der Waals surface area (Å²) in [6.45, 7) is 8.22. The van der Waals surface area contributed by atoms with Crippen molar-refractivity contribution in [1.29, 1.82) is 0 Å². The molecule has 0 aliphatic heterocycles. The zero-order valence-electron chi connectivity index (χ0n) is 15.4. The van der Waals surface area contributed by atoms with E-state index in [0.717, 1.165) is 6.42 Å². The lowest BCUT2D eigenvalue weighted by molar-refractivity contribution is 0.0683. The first-order valence-electron chi connectivity index (χ1n) is 8.17. The minimum Gasteiger partial charge on any atom is -0.481 e. The van der Waals surface area contributed by atoms with Gasteiger partial charge in [-0.3, -0.25) is 0 Å². The monoisotopic (exact) mass is 357 g/mol. The second-order valence-corrected chi connectivity index (χ2v) is 5.80. The zero-order valence-corrected chi connectivity index (χ0v) is 15.4. The Morgan fingerprint density at radius 3 is 2.77 bits per heavy atom. The van der Waals surface area contributed by atoms with Crippen LogP contribution in [0.5, 0.6) is 5.88 Å². The number of aromatic nitrogens is 4. The quantitative estimate of drug-likeness (QED) is 0.726. The number of carbonyl (C=O) groups is 1. The van der Waals surface area contributed by atoms with E-state index in [4.69, 9.17) is 4.74 Å². The fourth-order valence-corrected chi connectivity index (χ4v) is 2.13. The van der Waals surface area contributed by atoms with Gasteiger partial charge in [-0.1, -0.05) is 13.5 Å². The normalized spacial score (nSPS) is 12.2. The van der Waals surface area contributed by atoms with Crippen LogP contribution in [0.2, 0.25) is 0 Å². The first-order valence-corrected chi connectivity index (χ1v) is 8.17. The lowest BCUT2D eigenvalue weighted by Gasteiger charge is -2.21. The molecular formula is C18H23N5O3. The SMILES string of the molecule is C=C(/C=C\N(C)C(C)CC)c1nc(C(=O)O)nn1-c1ccc(OC)nc1. The highest BCUT2D eigenvalue weighted by Crippen LogP contribution is 2.19. The fraction of sp³-hybridized carbons (Fsp3) is 0.333. The minimum absolute atomic E-state index is 0.305. The largest absolute Gasteiger partial charge is 0.481 e. The Morgan fingerprint density at radius 2 is 2.23 bits per heavy atom. The maximum Gasteiger partial charge on any atom is 0.375 e. The topological polar surface area (TPSA) is 93.4 Å². The molecule has 1 N–H and O–H groups in total. The van der Waals surface area contributed by atoms with E-state index in [-0.39, 0.29) is 5.82 Å². The summed E-state index contributed by atoms with van der Waals surface area (Å²) >= 11 is 0. The molecule has 1 unspecified atom stereocenters. The minimum atomic E-state index is -1.21. The van der Waals surface area contributed by atoms with Crippen molar-refractivity contribution in [2.75, 3.05) is 14.2 Å². The van der Waals surface area contributed by atoms with Crippen LogP contribution in [0.15, 0.2) is 37.2 Å². The highest BCUT2D eigenvalue weighted by molar-refractivity contribution is 5.84. The van der Waals surface area contributed by atoms with E-state index < -0.39 is 5.97 Å². The molecule has 2 aromatic rings. The third-order valence-corrected chi connectivity index (χ3v) is 4.06. The van der Waals surface area contributed by atoms with E-state index in [0.29, 0.717) is 29.0 Å². The lowest BCUT2D eigenvalue weighted by atomic mass is 10.2. The van der Waals surface area contributed by atoms with Crippen molar-refractivity contribution in [2.45, 2.75) is 26.3 Å². The van der Waals surface area contributed by atoms with Crippen LogP contribution in [0.25, 0.3) is 11.3 Å². The molecule has 0 aliphatic rings. The number of hydrogen-bond donors (Lipinski definition) is 1. The van der Waals surface area contributed by atoms with Crippen molar-refractivity contribution in [3.8, 4) is 11.6 Å². The maximum absolute atomic E-state index is 11.3. The van der Waals surface area contributed by atoms with E-state index in [1.807, 2.05) is 13.2 Å². The van der Waals surface area contributed by atoms with Crippen LogP contribution in [0, 0.1) is 0 Å². The van der Waals surface area contributed by atoms with Gasteiger partial charge in [-0.25, -0.2) is 19.4 Å². The van der Waals surface area contributed by atoms with Crippen molar-refractivity contribution < 1.29 is 14.6 Å². The summed E-state index contributed by atoms with van der Waals surface area (Å²) in [5.41, 5.74) is 1.10. The Hall–Kier alpha value is -3.16. The Kier molecular flexibility index (Phi) is 6.11. The number of allylic oxidation sites excluding steroid dienone is 2. The molecule has 0 spiro atoms. The van der Waals surface area contributed by atoms with Gasteiger partial charge in [0, 0.05) is 24.7 Å². The summed E-state index contributed by atoms with van der Waals surface area (Å²) < 4.78 is 6.45. The van der Waals surface area contributed by atoms with Crippen LogP contribution in [-0.4, -0.2) is 55.9 Å². The van der Waals surface area contributed by atoms with Crippen LogP contribution < -0.4 is 4.74 Å². The van der Waals surface area contributed by atoms with E-state index >= 15 is 0 Å². The van der Waals surface area contributed by atoms with E-state index in [2.05, 4.69) is 40.4 Å². The summed E-state index contributed by atoms with van der Waals surface area (Å²) in [6, 6.07) is 3.76. The van der Waals surface area contributed by atoms with Gasteiger partial charge in [-0.15, -0.1) is 5.10 Å². The number of hydrogen-bond acceptors (Lipinski definition) is 6. The summed E-state index contributed by atoms with van der Waals surface area (Å²) in [5, 5.41) is 13.3. The smallest absolute Gasteiger partial charge is 0.375 e. The Labute approximate surface area is 152 Å². The zero-order chi connectivity index (χ0) is 19.3. The van der Waals surface area contributed by atoms with Crippen molar-refractivity contribution in [3.63, 3.8) is 0 Å². The molecule has 8 heteroatoms. The average Bonchev–Trinajstić information content (AvgIpc) is 3.11. The van der Waals surface area contributed by atoms with Gasteiger partial charge in [0.15, 0.2) is 5.82 Å².